The van der Waals surface area contributed by atoms with Crippen molar-refractivity contribution >= 4 is 22.7 Å². The van der Waals surface area contributed by atoms with Crippen molar-refractivity contribution in [3.63, 3.8) is 0 Å². The number of fused-ring (bicyclic) bond motifs is 1. The number of aryl methyl sites for hydroxylation is 1. The van der Waals surface area contributed by atoms with Crippen LogP contribution in [-0.4, -0.2) is 32.6 Å². The van der Waals surface area contributed by atoms with E-state index in [0.29, 0.717) is 22.5 Å². The van der Waals surface area contributed by atoms with Crippen LogP contribution in [0, 0.1) is 17.0 Å². The van der Waals surface area contributed by atoms with Crippen LogP contribution in [0.5, 0.6) is 0 Å². The third-order valence-electron chi connectivity index (χ3n) is 6.18. The van der Waals surface area contributed by atoms with E-state index in [9.17, 15) is 14.9 Å². The van der Waals surface area contributed by atoms with Gasteiger partial charge in [-0.25, -0.2) is 0 Å². The van der Waals surface area contributed by atoms with Crippen LogP contribution >= 0.6 is 0 Å². The summed E-state index contributed by atoms with van der Waals surface area (Å²) in [6, 6.07) is 14.2. The minimum absolute atomic E-state index is 0.0100. The molecule has 3 N–H and O–H groups in total. The summed E-state index contributed by atoms with van der Waals surface area (Å²) in [4.78, 5) is 29.9. The van der Waals surface area contributed by atoms with Gasteiger partial charge < -0.3 is 15.6 Å². The highest BCUT2D eigenvalue weighted by molar-refractivity contribution is 5.87. The van der Waals surface area contributed by atoms with Crippen LogP contribution in [0.2, 0.25) is 0 Å². The number of nitrogens with two attached hydrogens (primary N) is 1. The topological polar surface area (TPSA) is 123 Å². The van der Waals surface area contributed by atoms with Gasteiger partial charge in [0, 0.05) is 30.4 Å². The quantitative estimate of drug-likeness (QED) is 0.277. The monoisotopic (exact) mass is 444 g/mol. The molecule has 0 amide bonds. The molecule has 0 spiro atoms. The zero-order chi connectivity index (χ0) is 23.1. The Morgan fingerprint density at radius 2 is 1.79 bits per heavy atom. The highest BCUT2D eigenvalue weighted by Gasteiger charge is 2.25. The van der Waals surface area contributed by atoms with Crippen LogP contribution in [0.3, 0.4) is 0 Å². The molecule has 0 radical (unpaired) electrons. The van der Waals surface area contributed by atoms with E-state index >= 15 is 0 Å². The predicted molar refractivity (Wildman–Crippen MR) is 129 cm³/mol. The lowest BCUT2D eigenvalue weighted by Gasteiger charge is -2.28. The number of H-pyrrole nitrogens is 1. The van der Waals surface area contributed by atoms with Crippen LogP contribution in [0.4, 0.5) is 17.1 Å². The van der Waals surface area contributed by atoms with Crippen LogP contribution in [0.1, 0.15) is 25.0 Å². The summed E-state index contributed by atoms with van der Waals surface area (Å²) >= 11 is 0. The number of nitrogens with zero attached hydrogens (tertiary/aromatic N) is 4. The third kappa shape index (κ3) is 3.51. The number of nitro benzene ring substituents is 1. The minimum Gasteiger partial charge on any atom is -0.393 e. The molecule has 33 heavy (non-hydrogen) atoms. The molecule has 0 atom stereocenters. The lowest BCUT2D eigenvalue weighted by Crippen LogP contribution is -2.30. The first-order chi connectivity index (χ1) is 16.0. The van der Waals surface area contributed by atoms with Gasteiger partial charge in [-0.1, -0.05) is 30.3 Å². The van der Waals surface area contributed by atoms with Gasteiger partial charge >= 0.3 is 0 Å². The van der Waals surface area contributed by atoms with E-state index in [1.54, 1.807) is 6.07 Å². The molecule has 2 aromatic carbocycles. The fraction of sp³-hybridized carbons (Fsp3) is 0.250. The summed E-state index contributed by atoms with van der Waals surface area (Å²) in [5.74, 6) is 0. The van der Waals surface area contributed by atoms with Crippen LogP contribution in [-0.2, 0) is 0 Å². The fourth-order valence-corrected chi connectivity index (χ4v) is 4.60. The van der Waals surface area contributed by atoms with Gasteiger partial charge in [0.25, 0.3) is 11.2 Å². The Morgan fingerprint density at radius 1 is 1.06 bits per heavy atom. The highest BCUT2D eigenvalue weighted by Crippen LogP contribution is 2.36. The van der Waals surface area contributed by atoms with Crippen LogP contribution in [0.15, 0.2) is 53.3 Å². The Bertz CT molecular complexity index is 1420. The molecule has 1 aliphatic rings. The molecule has 2 aromatic heterocycles. The first-order valence-corrected chi connectivity index (χ1v) is 11.0. The summed E-state index contributed by atoms with van der Waals surface area (Å²) in [6.07, 6.45) is 3.38. The molecule has 0 bridgehead atoms. The first-order valence-electron chi connectivity index (χ1n) is 11.0. The van der Waals surface area contributed by atoms with Crippen LogP contribution < -0.4 is 16.2 Å². The SMILES string of the molecule is Cc1[nH]c2c(N3CCCCC3)c(-c3ccccc3)nn2c(=O)c1-c1ccc([N+](=O)[O-])c(N)c1. The number of anilines is 2. The van der Waals surface area contributed by atoms with Crippen molar-refractivity contribution < 1.29 is 4.92 Å². The minimum atomic E-state index is -0.538. The summed E-state index contributed by atoms with van der Waals surface area (Å²) in [7, 11) is 0. The normalized spacial score (nSPS) is 14.0. The smallest absolute Gasteiger partial charge is 0.292 e. The number of aromatic nitrogens is 3. The molecular formula is C24H24N6O3. The molecule has 5 rings (SSSR count). The van der Waals surface area contributed by atoms with Gasteiger partial charge in [0.1, 0.15) is 17.1 Å². The number of hydrogen-bond donors (Lipinski definition) is 2. The molecule has 1 aliphatic heterocycles. The van der Waals surface area contributed by atoms with Gasteiger partial charge in [0.15, 0.2) is 5.65 Å². The summed E-state index contributed by atoms with van der Waals surface area (Å²) in [5.41, 5.74) is 10.2. The van der Waals surface area contributed by atoms with Crippen molar-refractivity contribution in [3.05, 3.63) is 74.7 Å². The Labute approximate surface area is 189 Å². The van der Waals surface area contributed by atoms with Crippen molar-refractivity contribution in [3.8, 4) is 22.4 Å². The van der Waals surface area contributed by atoms with Crippen molar-refractivity contribution in [2.24, 2.45) is 0 Å². The Kier molecular flexibility index (Phi) is 5.08. The van der Waals surface area contributed by atoms with E-state index in [4.69, 9.17) is 10.8 Å². The summed E-state index contributed by atoms with van der Waals surface area (Å²) < 4.78 is 1.41. The molecule has 9 heteroatoms. The first kappa shape index (κ1) is 20.7. The number of aromatic amines is 1. The van der Waals surface area contributed by atoms with Crippen LogP contribution in [0.25, 0.3) is 28.0 Å². The molecule has 1 fully saturated rings. The molecule has 4 aromatic rings. The number of nitro groups is 1. The number of nitrogen functional groups attached to an aromatic ring is 1. The number of piperidine rings is 1. The standard InChI is InChI=1S/C24H24N6O3/c1-15-20(17-10-11-19(30(32)33)18(25)14-17)24(31)29-23(26-15)22(28-12-6-3-7-13-28)21(27-29)16-8-4-2-5-9-16/h2,4-5,8-11,14,26H,3,6-7,12-13,25H2,1H3. The lowest BCUT2D eigenvalue weighted by molar-refractivity contribution is -0.383. The Balaban J connectivity index is 1.75. The Hall–Kier alpha value is -4.14. The maximum absolute atomic E-state index is 13.6. The average Bonchev–Trinajstić information content (AvgIpc) is 3.19. The van der Waals surface area contributed by atoms with E-state index in [1.807, 2.05) is 37.3 Å². The molecule has 9 nitrogen and oxygen atoms in total. The number of hydrogen-bond acceptors (Lipinski definition) is 6. The average molecular weight is 444 g/mol. The van der Waals surface area contributed by atoms with E-state index in [2.05, 4.69) is 9.88 Å². The zero-order valence-electron chi connectivity index (χ0n) is 18.2. The van der Waals surface area contributed by atoms with Gasteiger partial charge in [0.2, 0.25) is 0 Å². The summed E-state index contributed by atoms with van der Waals surface area (Å²) in [6.45, 7) is 3.63. The fourth-order valence-electron chi connectivity index (χ4n) is 4.60. The second kappa shape index (κ2) is 8.09. The maximum Gasteiger partial charge on any atom is 0.292 e. The molecule has 0 aliphatic carbocycles. The molecular weight excluding hydrogens is 420 g/mol. The van der Waals surface area contributed by atoms with Crippen molar-refractivity contribution in [1.29, 1.82) is 0 Å². The van der Waals surface area contributed by atoms with Gasteiger partial charge in [-0.15, -0.1) is 0 Å². The van der Waals surface area contributed by atoms with Gasteiger partial charge in [-0.05, 0) is 43.9 Å². The maximum atomic E-state index is 13.6. The van der Waals surface area contributed by atoms with Crippen molar-refractivity contribution in [2.75, 3.05) is 23.7 Å². The van der Waals surface area contributed by atoms with Crippen molar-refractivity contribution in [1.82, 2.24) is 14.6 Å². The summed E-state index contributed by atoms with van der Waals surface area (Å²) in [5, 5.41) is 15.9. The largest absolute Gasteiger partial charge is 0.393 e. The van der Waals surface area contributed by atoms with Crippen molar-refractivity contribution in [2.45, 2.75) is 26.2 Å². The van der Waals surface area contributed by atoms with Gasteiger partial charge in [-0.2, -0.15) is 9.61 Å². The van der Waals surface area contributed by atoms with Gasteiger partial charge in [-0.3, -0.25) is 14.9 Å². The number of rotatable bonds is 4. The molecule has 168 valence electrons. The number of benzene rings is 2. The molecule has 1 saturated heterocycles. The van der Waals surface area contributed by atoms with E-state index < -0.39 is 4.92 Å². The van der Waals surface area contributed by atoms with Gasteiger partial charge in [0.05, 0.1) is 10.5 Å². The predicted octanol–water partition coefficient (Wildman–Crippen LogP) is 4.15. The zero-order valence-corrected chi connectivity index (χ0v) is 18.2. The van der Waals surface area contributed by atoms with E-state index in [0.717, 1.165) is 42.9 Å². The Morgan fingerprint density at radius 3 is 2.45 bits per heavy atom. The second-order valence-corrected chi connectivity index (χ2v) is 8.33. The number of nitrogens with one attached hydrogen (secondary N) is 1. The van der Waals surface area contributed by atoms with E-state index in [1.165, 1.54) is 23.1 Å². The molecule has 0 unspecified atom stereocenters. The van der Waals surface area contributed by atoms with E-state index in [-0.39, 0.29) is 16.9 Å². The third-order valence-corrected chi connectivity index (χ3v) is 6.18. The lowest BCUT2D eigenvalue weighted by atomic mass is 10.0. The molecule has 0 saturated carbocycles. The molecule has 3 heterocycles. The highest BCUT2D eigenvalue weighted by atomic mass is 16.6. The second-order valence-electron chi connectivity index (χ2n) is 8.33.